The molecule has 0 saturated carbocycles. The molecule has 0 aromatic heterocycles. The number of nitrogens with two attached hydrogens (primary N) is 1. The topological polar surface area (TPSA) is 38.0 Å². The first-order valence-electron chi connectivity index (χ1n) is 5.14. The van der Waals surface area contributed by atoms with Gasteiger partial charge in [0.05, 0.1) is 0 Å². The highest BCUT2D eigenvalue weighted by Gasteiger charge is 2.00. The Hall–Kier alpha value is -0.750. The third kappa shape index (κ3) is 3.35. The zero-order valence-electron chi connectivity index (χ0n) is 9.30. The van der Waals surface area contributed by atoms with Gasteiger partial charge in [0, 0.05) is 25.1 Å². The van der Waals surface area contributed by atoms with Gasteiger partial charge in [0.2, 0.25) is 0 Å². The standard InChI is InChI=1S/C13H12BrIN2/c1-8-4-9(16)6-11(5-8)17-10-2-3-13(15)12(14)7-10/h2-7,17H,16H2,1H3. The fraction of sp³-hybridized carbons (Fsp3) is 0.0769. The quantitative estimate of drug-likeness (QED) is 0.565. The fourth-order valence-electron chi connectivity index (χ4n) is 1.63. The molecule has 0 atom stereocenters. The van der Waals surface area contributed by atoms with Gasteiger partial charge in [-0.25, -0.2) is 0 Å². The van der Waals surface area contributed by atoms with Gasteiger partial charge in [0.1, 0.15) is 0 Å². The van der Waals surface area contributed by atoms with E-state index in [2.05, 4.69) is 62.0 Å². The van der Waals surface area contributed by atoms with E-state index in [9.17, 15) is 0 Å². The molecule has 0 amide bonds. The molecule has 0 aliphatic rings. The van der Waals surface area contributed by atoms with Crippen molar-refractivity contribution in [2.24, 2.45) is 0 Å². The van der Waals surface area contributed by atoms with Gasteiger partial charge in [-0.2, -0.15) is 0 Å². The van der Waals surface area contributed by atoms with E-state index < -0.39 is 0 Å². The number of nitrogen functional groups attached to an aromatic ring is 1. The maximum atomic E-state index is 5.82. The van der Waals surface area contributed by atoms with Gasteiger partial charge in [0.15, 0.2) is 0 Å². The molecule has 0 unspecified atom stereocenters. The fourth-order valence-corrected chi connectivity index (χ4v) is 2.34. The summed E-state index contributed by atoms with van der Waals surface area (Å²) in [5, 5.41) is 3.34. The van der Waals surface area contributed by atoms with E-state index in [1.807, 2.05) is 25.1 Å². The molecule has 0 heterocycles. The molecule has 0 aliphatic carbocycles. The maximum absolute atomic E-state index is 5.82. The second-order valence-corrected chi connectivity index (χ2v) is 5.90. The number of halogens is 2. The number of benzene rings is 2. The minimum Gasteiger partial charge on any atom is -0.399 e. The highest BCUT2D eigenvalue weighted by Crippen LogP contribution is 2.26. The largest absolute Gasteiger partial charge is 0.399 e. The van der Waals surface area contributed by atoms with Crippen LogP contribution in [0.15, 0.2) is 40.9 Å². The Kier molecular flexibility index (Phi) is 3.93. The van der Waals surface area contributed by atoms with E-state index in [1.165, 1.54) is 3.57 Å². The lowest BCUT2D eigenvalue weighted by Crippen LogP contribution is -1.94. The van der Waals surface area contributed by atoms with Crippen molar-refractivity contribution in [3.63, 3.8) is 0 Å². The number of anilines is 3. The van der Waals surface area contributed by atoms with E-state index in [0.717, 1.165) is 27.1 Å². The zero-order chi connectivity index (χ0) is 12.4. The van der Waals surface area contributed by atoms with Crippen LogP contribution >= 0.6 is 38.5 Å². The van der Waals surface area contributed by atoms with E-state index in [-0.39, 0.29) is 0 Å². The molecular formula is C13H12BrIN2. The third-order valence-corrected chi connectivity index (χ3v) is 4.65. The summed E-state index contributed by atoms with van der Waals surface area (Å²) in [6.45, 7) is 2.03. The molecular weight excluding hydrogens is 391 g/mol. The molecule has 0 bridgehead atoms. The molecule has 2 rings (SSSR count). The van der Waals surface area contributed by atoms with Gasteiger partial charge in [-0.15, -0.1) is 0 Å². The zero-order valence-corrected chi connectivity index (χ0v) is 13.0. The van der Waals surface area contributed by atoms with Crippen molar-refractivity contribution < 1.29 is 0 Å². The van der Waals surface area contributed by atoms with Crippen LogP contribution < -0.4 is 11.1 Å². The highest BCUT2D eigenvalue weighted by atomic mass is 127. The lowest BCUT2D eigenvalue weighted by Gasteiger charge is -2.09. The summed E-state index contributed by atoms with van der Waals surface area (Å²) in [5.41, 5.74) is 9.80. The van der Waals surface area contributed by atoms with Crippen LogP contribution in [0.4, 0.5) is 17.1 Å². The molecule has 2 aromatic carbocycles. The average Bonchev–Trinajstić information content (AvgIpc) is 2.22. The second kappa shape index (κ2) is 5.27. The monoisotopic (exact) mass is 402 g/mol. The number of aryl methyl sites for hydroxylation is 1. The lowest BCUT2D eigenvalue weighted by atomic mass is 10.2. The van der Waals surface area contributed by atoms with E-state index in [4.69, 9.17) is 5.73 Å². The Morgan fingerprint density at radius 1 is 1.12 bits per heavy atom. The Morgan fingerprint density at radius 2 is 1.88 bits per heavy atom. The molecule has 0 aliphatic heterocycles. The van der Waals surface area contributed by atoms with Crippen LogP contribution in [0.1, 0.15) is 5.56 Å². The molecule has 0 saturated heterocycles. The molecule has 17 heavy (non-hydrogen) atoms. The van der Waals surface area contributed by atoms with Crippen molar-refractivity contribution in [2.75, 3.05) is 11.1 Å². The lowest BCUT2D eigenvalue weighted by molar-refractivity contribution is 1.44. The molecule has 0 radical (unpaired) electrons. The Morgan fingerprint density at radius 3 is 2.53 bits per heavy atom. The van der Waals surface area contributed by atoms with Crippen molar-refractivity contribution in [2.45, 2.75) is 6.92 Å². The smallest absolute Gasteiger partial charge is 0.0407 e. The van der Waals surface area contributed by atoms with Crippen molar-refractivity contribution >= 4 is 55.6 Å². The van der Waals surface area contributed by atoms with Gasteiger partial charge in [-0.3, -0.25) is 0 Å². The summed E-state index contributed by atoms with van der Waals surface area (Å²) in [7, 11) is 0. The number of hydrogen-bond acceptors (Lipinski definition) is 2. The Balaban J connectivity index is 2.28. The van der Waals surface area contributed by atoms with E-state index in [0.29, 0.717) is 0 Å². The first-order chi connectivity index (χ1) is 8.04. The second-order valence-electron chi connectivity index (χ2n) is 3.89. The Labute approximate surface area is 123 Å². The maximum Gasteiger partial charge on any atom is 0.0407 e. The number of hydrogen-bond donors (Lipinski definition) is 2. The van der Waals surface area contributed by atoms with Crippen LogP contribution in [-0.2, 0) is 0 Å². The molecule has 0 spiro atoms. The summed E-state index contributed by atoms with van der Waals surface area (Å²) in [5.74, 6) is 0. The van der Waals surface area contributed by atoms with Gasteiger partial charge < -0.3 is 11.1 Å². The average molecular weight is 403 g/mol. The van der Waals surface area contributed by atoms with Crippen LogP contribution in [0.3, 0.4) is 0 Å². The summed E-state index contributed by atoms with van der Waals surface area (Å²) < 4.78 is 2.28. The van der Waals surface area contributed by atoms with Crippen LogP contribution in [0, 0.1) is 10.5 Å². The molecule has 0 fully saturated rings. The number of nitrogens with one attached hydrogen (secondary N) is 1. The van der Waals surface area contributed by atoms with Crippen LogP contribution in [0.5, 0.6) is 0 Å². The summed E-state index contributed by atoms with van der Waals surface area (Å²) in [4.78, 5) is 0. The number of rotatable bonds is 2. The summed E-state index contributed by atoms with van der Waals surface area (Å²) >= 11 is 5.80. The normalized spacial score (nSPS) is 10.3. The van der Waals surface area contributed by atoms with Crippen LogP contribution in [0.25, 0.3) is 0 Å². The van der Waals surface area contributed by atoms with Gasteiger partial charge >= 0.3 is 0 Å². The summed E-state index contributed by atoms with van der Waals surface area (Å²) in [6, 6.07) is 12.1. The van der Waals surface area contributed by atoms with Gasteiger partial charge in [0.25, 0.3) is 0 Å². The first-order valence-corrected chi connectivity index (χ1v) is 7.01. The third-order valence-electron chi connectivity index (χ3n) is 2.31. The molecule has 4 heteroatoms. The Bertz CT molecular complexity index is 535. The predicted octanol–water partition coefficient (Wildman–Crippen LogP) is 4.69. The summed E-state index contributed by atoms with van der Waals surface area (Å²) in [6.07, 6.45) is 0. The van der Waals surface area contributed by atoms with Gasteiger partial charge in [-0.05, 0) is 87.4 Å². The van der Waals surface area contributed by atoms with E-state index in [1.54, 1.807) is 0 Å². The van der Waals surface area contributed by atoms with E-state index >= 15 is 0 Å². The van der Waals surface area contributed by atoms with Crippen molar-refractivity contribution in [1.29, 1.82) is 0 Å². The van der Waals surface area contributed by atoms with Crippen LogP contribution in [0.2, 0.25) is 0 Å². The SMILES string of the molecule is Cc1cc(N)cc(Nc2ccc(I)c(Br)c2)c1. The van der Waals surface area contributed by atoms with Crippen LogP contribution in [-0.4, -0.2) is 0 Å². The first kappa shape index (κ1) is 12.7. The minimum atomic E-state index is 0.775. The molecule has 3 N–H and O–H groups in total. The molecule has 2 nitrogen and oxygen atoms in total. The van der Waals surface area contributed by atoms with Crippen molar-refractivity contribution in [1.82, 2.24) is 0 Å². The highest BCUT2D eigenvalue weighted by molar-refractivity contribution is 14.1. The van der Waals surface area contributed by atoms with Gasteiger partial charge in [-0.1, -0.05) is 0 Å². The minimum absolute atomic E-state index is 0.775. The van der Waals surface area contributed by atoms with Crippen molar-refractivity contribution in [3.05, 3.63) is 50.0 Å². The molecule has 88 valence electrons. The predicted molar refractivity (Wildman–Crippen MR) is 85.7 cm³/mol. The van der Waals surface area contributed by atoms with Crippen molar-refractivity contribution in [3.8, 4) is 0 Å². The molecule has 2 aromatic rings.